The summed E-state index contributed by atoms with van der Waals surface area (Å²) >= 11 is 6.80. The van der Waals surface area contributed by atoms with E-state index < -0.39 is 0 Å². The maximum atomic E-state index is 13.1. The number of hydrogen-bond donors (Lipinski definition) is 0. The van der Waals surface area contributed by atoms with Crippen LogP contribution in [0.2, 0.25) is 0 Å². The topological polar surface area (TPSA) is 65.8 Å². The molecule has 0 bridgehead atoms. The zero-order chi connectivity index (χ0) is 24.8. The SMILES string of the molecule is CCOCCCN1C(=O)C(=Cc2cn(-c3ccccc3)nc2-c2ccc(OC)c(OC)c2)SC1=S. The Balaban J connectivity index is 1.71. The van der Waals surface area contributed by atoms with Gasteiger partial charge in [0.15, 0.2) is 11.5 Å². The molecule has 2 heterocycles. The van der Waals surface area contributed by atoms with E-state index in [4.69, 9.17) is 31.5 Å². The van der Waals surface area contributed by atoms with Crippen LogP contribution >= 0.6 is 24.0 Å². The predicted octanol–water partition coefficient (Wildman–Crippen LogP) is 5.18. The second-order valence-corrected chi connectivity index (χ2v) is 9.34. The van der Waals surface area contributed by atoms with Gasteiger partial charge in [-0.25, -0.2) is 4.68 Å². The first-order valence-electron chi connectivity index (χ1n) is 11.3. The highest BCUT2D eigenvalue weighted by Gasteiger charge is 2.32. The number of methoxy groups -OCH3 is 2. The second kappa shape index (κ2) is 11.5. The standard InChI is InChI=1S/C26H27N3O4S2/c1-4-33-14-8-13-28-25(30)23(35-26(28)34)16-19-17-29(20-9-6-5-7-10-20)27-24(19)18-11-12-21(31-2)22(15-18)32-3/h5-7,9-12,15-17H,4,8,13-14H2,1-3H3. The number of amides is 1. The van der Waals surface area contributed by atoms with E-state index in [1.54, 1.807) is 23.8 Å². The highest BCUT2D eigenvalue weighted by Crippen LogP contribution is 2.37. The van der Waals surface area contributed by atoms with Crippen LogP contribution in [-0.2, 0) is 9.53 Å². The summed E-state index contributed by atoms with van der Waals surface area (Å²) in [6.07, 6.45) is 4.51. The van der Waals surface area contributed by atoms with Crippen LogP contribution in [0, 0.1) is 0 Å². The molecule has 0 atom stereocenters. The van der Waals surface area contributed by atoms with Crippen molar-refractivity contribution in [3.8, 4) is 28.4 Å². The number of nitrogens with zero attached hydrogens (tertiary/aromatic N) is 3. The van der Waals surface area contributed by atoms with Crippen LogP contribution in [0.4, 0.5) is 0 Å². The van der Waals surface area contributed by atoms with Crippen molar-refractivity contribution in [2.45, 2.75) is 13.3 Å². The maximum Gasteiger partial charge on any atom is 0.266 e. The Morgan fingerprint density at radius 2 is 1.86 bits per heavy atom. The third kappa shape index (κ3) is 5.58. The lowest BCUT2D eigenvalue weighted by Crippen LogP contribution is -2.29. The smallest absolute Gasteiger partial charge is 0.266 e. The molecule has 1 saturated heterocycles. The fourth-order valence-electron chi connectivity index (χ4n) is 3.72. The molecule has 4 rings (SSSR count). The van der Waals surface area contributed by atoms with Gasteiger partial charge in [-0.15, -0.1) is 0 Å². The highest BCUT2D eigenvalue weighted by molar-refractivity contribution is 8.26. The monoisotopic (exact) mass is 509 g/mol. The van der Waals surface area contributed by atoms with Crippen molar-refractivity contribution >= 4 is 40.3 Å². The third-order valence-corrected chi connectivity index (χ3v) is 6.83. The first kappa shape index (κ1) is 25.0. The number of para-hydroxylation sites is 1. The molecule has 2 aromatic carbocycles. The van der Waals surface area contributed by atoms with E-state index in [1.165, 1.54) is 11.8 Å². The van der Waals surface area contributed by atoms with Crippen LogP contribution in [0.5, 0.6) is 11.5 Å². The van der Waals surface area contributed by atoms with Gasteiger partial charge in [0.05, 0.1) is 24.8 Å². The van der Waals surface area contributed by atoms with Crippen LogP contribution in [0.3, 0.4) is 0 Å². The van der Waals surface area contributed by atoms with Gasteiger partial charge in [-0.3, -0.25) is 9.69 Å². The lowest BCUT2D eigenvalue weighted by Gasteiger charge is -2.13. The summed E-state index contributed by atoms with van der Waals surface area (Å²) in [4.78, 5) is 15.3. The first-order valence-corrected chi connectivity index (χ1v) is 12.5. The molecule has 9 heteroatoms. The number of benzene rings is 2. The van der Waals surface area contributed by atoms with Crippen LogP contribution in [-0.4, -0.2) is 58.9 Å². The number of ether oxygens (including phenoxy) is 3. The van der Waals surface area contributed by atoms with Gasteiger partial charge in [0.2, 0.25) is 0 Å². The van der Waals surface area contributed by atoms with Gasteiger partial charge >= 0.3 is 0 Å². The van der Waals surface area contributed by atoms with Crippen molar-refractivity contribution in [2.24, 2.45) is 0 Å². The normalized spacial score (nSPS) is 14.7. The van der Waals surface area contributed by atoms with Crippen molar-refractivity contribution in [2.75, 3.05) is 34.0 Å². The molecule has 1 aliphatic rings. The van der Waals surface area contributed by atoms with Crippen LogP contribution < -0.4 is 9.47 Å². The molecule has 1 amide bonds. The molecule has 0 saturated carbocycles. The molecular formula is C26H27N3O4S2. The van der Waals surface area contributed by atoms with Crippen molar-refractivity contribution < 1.29 is 19.0 Å². The van der Waals surface area contributed by atoms with Crippen molar-refractivity contribution in [3.05, 3.63) is 65.2 Å². The molecule has 7 nitrogen and oxygen atoms in total. The Morgan fingerprint density at radius 1 is 1.09 bits per heavy atom. The van der Waals surface area contributed by atoms with Gasteiger partial charge in [-0.2, -0.15) is 5.10 Å². The fourth-order valence-corrected chi connectivity index (χ4v) is 5.02. The molecule has 0 N–H and O–H groups in total. The van der Waals surface area contributed by atoms with Gasteiger partial charge in [0.1, 0.15) is 10.0 Å². The number of rotatable bonds is 10. The molecule has 0 unspecified atom stereocenters. The Hall–Kier alpha value is -3.14. The largest absolute Gasteiger partial charge is 0.493 e. The van der Waals surface area contributed by atoms with E-state index in [1.807, 2.05) is 67.7 Å². The van der Waals surface area contributed by atoms with Crippen molar-refractivity contribution in [1.82, 2.24) is 14.7 Å². The van der Waals surface area contributed by atoms with E-state index in [0.717, 1.165) is 28.9 Å². The Morgan fingerprint density at radius 3 is 2.57 bits per heavy atom. The third-order valence-electron chi connectivity index (χ3n) is 5.45. The van der Waals surface area contributed by atoms with Crippen molar-refractivity contribution in [3.63, 3.8) is 0 Å². The predicted molar refractivity (Wildman–Crippen MR) is 143 cm³/mol. The number of aromatic nitrogens is 2. The molecular weight excluding hydrogens is 482 g/mol. The fraction of sp³-hybridized carbons (Fsp3) is 0.269. The summed E-state index contributed by atoms with van der Waals surface area (Å²) in [7, 11) is 3.20. The Labute approximate surface area is 214 Å². The molecule has 35 heavy (non-hydrogen) atoms. The van der Waals surface area contributed by atoms with E-state index in [0.29, 0.717) is 40.5 Å². The average Bonchev–Trinajstić information content (AvgIpc) is 3.42. The van der Waals surface area contributed by atoms with Gasteiger partial charge in [0, 0.05) is 37.1 Å². The van der Waals surface area contributed by atoms with Crippen LogP contribution in [0.1, 0.15) is 18.9 Å². The summed E-state index contributed by atoms with van der Waals surface area (Å²) in [6, 6.07) is 15.5. The highest BCUT2D eigenvalue weighted by atomic mass is 32.2. The Bertz CT molecular complexity index is 1240. The molecule has 1 aromatic heterocycles. The van der Waals surface area contributed by atoms with Gasteiger partial charge in [0.25, 0.3) is 5.91 Å². The minimum Gasteiger partial charge on any atom is -0.493 e. The molecule has 1 fully saturated rings. The maximum absolute atomic E-state index is 13.1. The molecule has 0 spiro atoms. The zero-order valence-electron chi connectivity index (χ0n) is 19.9. The summed E-state index contributed by atoms with van der Waals surface area (Å²) in [6.45, 7) is 3.74. The van der Waals surface area contributed by atoms with Gasteiger partial charge in [-0.05, 0) is 49.8 Å². The quantitative estimate of drug-likeness (QED) is 0.212. The van der Waals surface area contributed by atoms with Crippen LogP contribution in [0.25, 0.3) is 23.0 Å². The zero-order valence-corrected chi connectivity index (χ0v) is 21.5. The number of thiocarbonyl (C=S) groups is 1. The molecule has 0 aliphatic carbocycles. The molecule has 3 aromatic rings. The number of thioether (sulfide) groups is 1. The minimum absolute atomic E-state index is 0.0952. The molecule has 182 valence electrons. The number of carbonyl (C=O) groups excluding carboxylic acids is 1. The van der Waals surface area contributed by atoms with Crippen molar-refractivity contribution in [1.29, 1.82) is 0 Å². The summed E-state index contributed by atoms with van der Waals surface area (Å²) in [5.41, 5.74) is 3.28. The van der Waals surface area contributed by atoms with Crippen LogP contribution in [0.15, 0.2) is 59.6 Å². The van der Waals surface area contributed by atoms with E-state index in [2.05, 4.69) is 0 Å². The molecule has 1 aliphatic heterocycles. The van der Waals surface area contributed by atoms with E-state index in [-0.39, 0.29) is 5.91 Å². The number of carbonyl (C=O) groups is 1. The summed E-state index contributed by atoms with van der Waals surface area (Å²) in [5.74, 6) is 1.14. The van der Waals surface area contributed by atoms with E-state index in [9.17, 15) is 4.79 Å². The Kier molecular flexibility index (Phi) is 8.22. The second-order valence-electron chi connectivity index (χ2n) is 7.67. The van der Waals surface area contributed by atoms with Gasteiger partial charge in [-0.1, -0.05) is 42.2 Å². The van der Waals surface area contributed by atoms with Gasteiger partial charge < -0.3 is 14.2 Å². The number of hydrogen-bond acceptors (Lipinski definition) is 7. The van der Waals surface area contributed by atoms with E-state index >= 15 is 0 Å². The molecule has 0 radical (unpaired) electrons. The average molecular weight is 510 g/mol. The summed E-state index contributed by atoms with van der Waals surface area (Å²) < 4.78 is 18.6. The first-order chi connectivity index (χ1) is 17.0. The summed E-state index contributed by atoms with van der Waals surface area (Å²) in [5, 5.41) is 4.85. The minimum atomic E-state index is -0.0952. The lowest BCUT2D eigenvalue weighted by molar-refractivity contribution is -0.122. The lowest BCUT2D eigenvalue weighted by atomic mass is 10.1.